The molecule has 0 radical (unpaired) electrons. The molecule has 0 unspecified atom stereocenters. The molecule has 0 aliphatic rings. The molecule has 3 rings (SSSR count). The molecule has 0 saturated carbocycles. The van der Waals surface area contributed by atoms with Gasteiger partial charge in [0.05, 0.1) is 17.1 Å². The minimum absolute atomic E-state index is 0.00734. The summed E-state index contributed by atoms with van der Waals surface area (Å²) in [6.45, 7) is 0. The van der Waals surface area contributed by atoms with E-state index in [1.807, 2.05) is 0 Å². The number of nitrogen functional groups attached to an aromatic ring is 1. The lowest BCUT2D eigenvalue weighted by molar-refractivity contribution is -0.137. The van der Waals surface area contributed by atoms with Gasteiger partial charge in [-0.25, -0.2) is 15.0 Å². The number of hydrogen-bond donors (Lipinski definition) is 1. The molecule has 0 aliphatic heterocycles. The van der Waals surface area contributed by atoms with Gasteiger partial charge in [-0.2, -0.15) is 23.0 Å². The number of rotatable bonds is 1. The first-order chi connectivity index (χ1) is 9.47. The van der Waals surface area contributed by atoms with Gasteiger partial charge in [0.1, 0.15) is 12.1 Å². The predicted molar refractivity (Wildman–Crippen MR) is 63.9 cm³/mol. The van der Waals surface area contributed by atoms with Crippen LogP contribution in [0.15, 0.2) is 30.9 Å². The van der Waals surface area contributed by atoms with Crippen LogP contribution >= 0.6 is 0 Å². The molecule has 2 N–H and O–H groups in total. The van der Waals surface area contributed by atoms with Crippen LogP contribution in [0.2, 0.25) is 0 Å². The highest BCUT2D eigenvalue weighted by molar-refractivity contribution is 5.85. The largest absolute Gasteiger partial charge is 0.416 e. The number of nitrogens with two attached hydrogens (primary N) is 1. The zero-order valence-electron chi connectivity index (χ0n) is 9.83. The second-order valence-corrected chi connectivity index (χ2v) is 3.95. The maximum Gasteiger partial charge on any atom is 0.416 e. The van der Waals surface area contributed by atoms with Crippen molar-refractivity contribution < 1.29 is 13.2 Å². The third-order valence-corrected chi connectivity index (χ3v) is 2.69. The summed E-state index contributed by atoms with van der Waals surface area (Å²) in [5, 5.41) is 4.40. The van der Waals surface area contributed by atoms with E-state index >= 15 is 0 Å². The minimum atomic E-state index is -4.45. The minimum Gasteiger partial charge on any atom is -0.383 e. The Morgan fingerprint density at radius 1 is 1.15 bits per heavy atom. The van der Waals surface area contributed by atoms with E-state index in [1.54, 1.807) is 0 Å². The number of pyridine rings is 1. The Balaban J connectivity index is 2.19. The van der Waals surface area contributed by atoms with Crippen molar-refractivity contribution in [1.82, 2.24) is 24.7 Å². The lowest BCUT2D eigenvalue weighted by Gasteiger charge is -2.08. The monoisotopic (exact) mass is 280 g/mol. The quantitative estimate of drug-likeness (QED) is 0.735. The predicted octanol–water partition coefficient (Wildman–Crippen LogP) is 1.81. The smallest absolute Gasteiger partial charge is 0.383 e. The third kappa shape index (κ3) is 1.92. The van der Waals surface area contributed by atoms with E-state index in [2.05, 4.69) is 20.1 Å². The molecule has 9 heteroatoms. The van der Waals surface area contributed by atoms with E-state index in [-0.39, 0.29) is 11.6 Å². The summed E-state index contributed by atoms with van der Waals surface area (Å²) < 4.78 is 39.2. The molecule has 0 saturated heterocycles. The van der Waals surface area contributed by atoms with Crippen LogP contribution in [0.3, 0.4) is 0 Å². The summed E-state index contributed by atoms with van der Waals surface area (Å²) in [6, 6.07) is 1.78. The van der Waals surface area contributed by atoms with Gasteiger partial charge in [-0.1, -0.05) is 0 Å². The van der Waals surface area contributed by atoms with Crippen LogP contribution in [-0.2, 0) is 6.18 Å². The van der Waals surface area contributed by atoms with E-state index in [9.17, 15) is 13.2 Å². The fourth-order valence-corrected chi connectivity index (χ4v) is 1.74. The molecule has 102 valence electrons. The molecule has 3 aromatic heterocycles. The number of hydrogen-bond acceptors (Lipinski definition) is 5. The summed E-state index contributed by atoms with van der Waals surface area (Å²) in [6.07, 6.45) is -0.791. The first-order valence-corrected chi connectivity index (χ1v) is 5.44. The Morgan fingerprint density at radius 3 is 2.70 bits per heavy atom. The molecule has 0 aromatic carbocycles. The number of alkyl halides is 3. The van der Waals surface area contributed by atoms with E-state index in [1.165, 1.54) is 17.2 Å². The summed E-state index contributed by atoms with van der Waals surface area (Å²) in [7, 11) is 0. The standard InChI is InChI=1S/C11H7F3N6/c12-11(13,14)6-1-2-16-8(3-6)20-10-7(4-19-20)9(15)17-5-18-10/h1-5H,(H2,15,17,18). The fourth-order valence-electron chi connectivity index (χ4n) is 1.74. The van der Waals surface area contributed by atoms with Gasteiger partial charge < -0.3 is 5.73 Å². The van der Waals surface area contributed by atoms with Crippen LogP contribution < -0.4 is 5.73 Å². The highest BCUT2D eigenvalue weighted by Gasteiger charge is 2.31. The van der Waals surface area contributed by atoms with Crippen LogP contribution in [0.1, 0.15) is 5.56 Å². The van der Waals surface area contributed by atoms with Crippen molar-refractivity contribution in [3.63, 3.8) is 0 Å². The summed E-state index contributed by atoms with van der Waals surface area (Å²) in [5.74, 6) is 0.209. The second-order valence-electron chi connectivity index (χ2n) is 3.95. The van der Waals surface area contributed by atoms with Gasteiger partial charge in [0.2, 0.25) is 0 Å². The first kappa shape index (κ1) is 12.3. The molecule has 3 heterocycles. The molecule has 3 aromatic rings. The van der Waals surface area contributed by atoms with Gasteiger partial charge in [-0.15, -0.1) is 0 Å². The Kier molecular flexibility index (Phi) is 2.56. The topological polar surface area (TPSA) is 82.5 Å². The van der Waals surface area contributed by atoms with Crippen molar-refractivity contribution in [2.45, 2.75) is 6.18 Å². The molecule has 0 bridgehead atoms. The number of aromatic nitrogens is 5. The highest BCUT2D eigenvalue weighted by atomic mass is 19.4. The first-order valence-electron chi connectivity index (χ1n) is 5.44. The molecule has 0 fully saturated rings. The number of nitrogens with zero attached hydrogens (tertiary/aromatic N) is 5. The summed E-state index contributed by atoms with van der Waals surface area (Å²) >= 11 is 0. The van der Waals surface area contributed by atoms with Crippen LogP contribution in [0, 0.1) is 0 Å². The van der Waals surface area contributed by atoms with Crippen LogP contribution in [0.4, 0.5) is 19.0 Å². The van der Waals surface area contributed by atoms with E-state index in [0.717, 1.165) is 18.3 Å². The Hall–Kier alpha value is -2.71. The maximum atomic E-state index is 12.7. The number of fused-ring (bicyclic) bond motifs is 1. The molecular formula is C11H7F3N6. The van der Waals surface area contributed by atoms with Gasteiger partial charge in [-0.05, 0) is 12.1 Å². The van der Waals surface area contributed by atoms with Gasteiger partial charge in [0.25, 0.3) is 0 Å². The number of anilines is 1. The summed E-state index contributed by atoms with van der Waals surface area (Å²) in [5.41, 5.74) is 5.13. The van der Waals surface area contributed by atoms with Crippen molar-refractivity contribution in [2.75, 3.05) is 5.73 Å². The second kappa shape index (κ2) is 4.15. The Labute approximate surface area is 110 Å². The van der Waals surface area contributed by atoms with Crippen LogP contribution in [0.5, 0.6) is 0 Å². The molecule has 0 aliphatic carbocycles. The lowest BCUT2D eigenvalue weighted by atomic mass is 10.2. The van der Waals surface area contributed by atoms with Crippen molar-refractivity contribution >= 4 is 16.9 Å². The van der Waals surface area contributed by atoms with Gasteiger partial charge in [0, 0.05) is 6.20 Å². The normalized spacial score (nSPS) is 11.9. The molecule has 0 spiro atoms. The Bertz CT molecular complexity index is 779. The maximum absolute atomic E-state index is 12.7. The average Bonchev–Trinajstić information content (AvgIpc) is 2.83. The molecule has 20 heavy (non-hydrogen) atoms. The van der Waals surface area contributed by atoms with E-state index < -0.39 is 11.7 Å². The SMILES string of the molecule is Nc1ncnc2c1cnn2-c1cc(C(F)(F)F)ccn1. The van der Waals surface area contributed by atoms with Crippen LogP contribution in [0.25, 0.3) is 16.9 Å². The zero-order valence-corrected chi connectivity index (χ0v) is 9.83. The van der Waals surface area contributed by atoms with E-state index in [4.69, 9.17) is 5.73 Å². The highest BCUT2D eigenvalue weighted by Crippen LogP contribution is 2.30. The van der Waals surface area contributed by atoms with Crippen molar-refractivity contribution in [2.24, 2.45) is 0 Å². The summed E-state index contributed by atoms with van der Waals surface area (Å²) in [4.78, 5) is 11.6. The van der Waals surface area contributed by atoms with Crippen LogP contribution in [-0.4, -0.2) is 24.7 Å². The zero-order chi connectivity index (χ0) is 14.3. The molecule has 0 amide bonds. The molecule has 0 atom stereocenters. The molecular weight excluding hydrogens is 273 g/mol. The third-order valence-electron chi connectivity index (χ3n) is 2.69. The lowest BCUT2D eigenvalue weighted by Crippen LogP contribution is -2.08. The van der Waals surface area contributed by atoms with Gasteiger partial charge in [0.15, 0.2) is 11.5 Å². The van der Waals surface area contributed by atoms with E-state index in [0.29, 0.717) is 11.0 Å². The number of halogens is 3. The van der Waals surface area contributed by atoms with Crippen molar-refractivity contribution in [3.05, 3.63) is 36.4 Å². The molecule has 6 nitrogen and oxygen atoms in total. The fraction of sp³-hybridized carbons (Fsp3) is 0.0909. The average molecular weight is 280 g/mol. The Morgan fingerprint density at radius 2 is 1.95 bits per heavy atom. The van der Waals surface area contributed by atoms with Gasteiger partial charge in [-0.3, -0.25) is 0 Å². The van der Waals surface area contributed by atoms with Crippen molar-refractivity contribution in [3.8, 4) is 5.82 Å². The van der Waals surface area contributed by atoms with Gasteiger partial charge >= 0.3 is 6.18 Å². The van der Waals surface area contributed by atoms with Crippen molar-refractivity contribution in [1.29, 1.82) is 0 Å².